The van der Waals surface area contributed by atoms with E-state index in [1.807, 2.05) is 48.7 Å². The van der Waals surface area contributed by atoms with Crippen LogP contribution in [0.4, 0.5) is 0 Å². The monoisotopic (exact) mass is 243 g/mol. The van der Waals surface area contributed by atoms with Crippen LogP contribution in [0, 0.1) is 0 Å². The van der Waals surface area contributed by atoms with Gasteiger partial charge in [0, 0.05) is 18.3 Å². The third-order valence-corrected chi connectivity index (χ3v) is 2.73. The first-order valence-electron chi connectivity index (χ1n) is 6.16. The summed E-state index contributed by atoms with van der Waals surface area (Å²) in [6.45, 7) is 0.363. The predicted molar refractivity (Wildman–Crippen MR) is 70.0 cm³/mol. The van der Waals surface area contributed by atoms with E-state index in [9.17, 15) is 4.79 Å². The fourth-order valence-electron chi connectivity index (χ4n) is 1.76. The summed E-state index contributed by atoms with van der Waals surface area (Å²) in [6.07, 6.45) is 4.05. The Kier molecular flexibility index (Phi) is 4.59. The van der Waals surface area contributed by atoms with Crippen molar-refractivity contribution in [2.24, 2.45) is 0 Å². The highest BCUT2D eigenvalue weighted by molar-refractivity contribution is 5.69. The van der Waals surface area contributed by atoms with Gasteiger partial charge < -0.3 is 9.72 Å². The van der Waals surface area contributed by atoms with Crippen molar-refractivity contribution in [3.05, 3.63) is 59.9 Å². The highest BCUT2D eigenvalue weighted by atomic mass is 16.5. The molecule has 0 spiro atoms. The van der Waals surface area contributed by atoms with Crippen LogP contribution in [-0.2, 0) is 22.6 Å². The smallest absolute Gasteiger partial charge is 0.306 e. The number of rotatable bonds is 6. The molecule has 0 aliphatic carbocycles. The largest absolute Gasteiger partial charge is 0.461 e. The quantitative estimate of drug-likeness (QED) is 0.792. The molecule has 0 fully saturated rings. The summed E-state index contributed by atoms with van der Waals surface area (Å²) < 4.78 is 5.20. The third kappa shape index (κ3) is 4.09. The van der Waals surface area contributed by atoms with Crippen molar-refractivity contribution >= 4 is 5.97 Å². The number of H-pyrrole nitrogens is 1. The van der Waals surface area contributed by atoms with Gasteiger partial charge in [-0.25, -0.2) is 0 Å². The first kappa shape index (κ1) is 12.4. The van der Waals surface area contributed by atoms with Gasteiger partial charge in [-0.05, 0) is 30.5 Å². The summed E-state index contributed by atoms with van der Waals surface area (Å²) in [5, 5.41) is 0. The fourth-order valence-corrected chi connectivity index (χ4v) is 1.76. The summed E-state index contributed by atoms with van der Waals surface area (Å²) >= 11 is 0. The van der Waals surface area contributed by atoms with E-state index in [0.717, 1.165) is 24.1 Å². The molecular weight excluding hydrogens is 226 g/mol. The maximum atomic E-state index is 11.5. The molecule has 1 aromatic heterocycles. The zero-order valence-electron chi connectivity index (χ0n) is 10.3. The van der Waals surface area contributed by atoms with E-state index in [0.29, 0.717) is 13.0 Å². The SMILES string of the molecule is O=C(CCCc1ccc[nH]1)OCc1ccccc1. The Morgan fingerprint density at radius 1 is 1.11 bits per heavy atom. The summed E-state index contributed by atoms with van der Waals surface area (Å²) in [6, 6.07) is 13.7. The number of ether oxygens (including phenoxy) is 1. The van der Waals surface area contributed by atoms with E-state index in [1.54, 1.807) is 0 Å². The molecule has 0 aliphatic rings. The normalized spacial score (nSPS) is 10.2. The van der Waals surface area contributed by atoms with Crippen LogP contribution in [0.2, 0.25) is 0 Å². The van der Waals surface area contributed by atoms with Crippen LogP contribution in [-0.4, -0.2) is 11.0 Å². The van der Waals surface area contributed by atoms with Crippen LogP contribution in [0.15, 0.2) is 48.7 Å². The number of aromatic nitrogens is 1. The van der Waals surface area contributed by atoms with E-state index in [-0.39, 0.29) is 5.97 Å². The van der Waals surface area contributed by atoms with Crippen molar-refractivity contribution in [2.75, 3.05) is 0 Å². The number of nitrogens with one attached hydrogen (secondary N) is 1. The van der Waals surface area contributed by atoms with Crippen LogP contribution in [0.3, 0.4) is 0 Å². The number of hydrogen-bond acceptors (Lipinski definition) is 2. The molecule has 0 radical (unpaired) electrons. The van der Waals surface area contributed by atoms with Gasteiger partial charge in [-0.1, -0.05) is 30.3 Å². The number of hydrogen-bond donors (Lipinski definition) is 1. The molecule has 2 aromatic rings. The standard InChI is InChI=1S/C15H17NO2/c17-15(10-4-8-14-9-5-11-16-14)18-12-13-6-2-1-3-7-13/h1-3,5-7,9,11,16H,4,8,10,12H2. The highest BCUT2D eigenvalue weighted by Crippen LogP contribution is 2.05. The van der Waals surface area contributed by atoms with Gasteiger partial charge in [-0.15, -0.1) is 0 Å². The fraction of sp³-hybridized carbons (Fsp3) is 0.267. The van der Waals surface area contributed by atoms with Crippen LogP contribution in [0.25, 0.3) is 0 Å². The number of carbonyl (C=O) groups excluding carboxylic acids is 1. The van der Waals surface area contributed by atoms with Gasteiger partial charge in [-0.2, -0.15) is 0 Å². The summed E-state index contributed by atoms with van der Waals surface area (Å²) in [4.78, 5) is 14.6. The minimum atomic E-state index is -0.134. The lowest BCUT2D eigenvalue weighted by atomic mass is 10.2. The van der Waals surface area contributed by atoms with Crippen molar-refractivity contribution in [3.63, 3.8) is 0 Å². The molecule has 0 aliphatic heterocycles. The van der Waals surface area contributed by atoms with Gasteiger partial charge in [0.15, 0.2) is 0 Å². The molecule has 94 valence electrons. The predicted octanol–water partition coefficient (Wildman–Crippen LogP) is 3.08. The van der Waals surface area contributed by atoms with E-state index in [2.05, 4.69) is 4.98 Å². The van der Waals surface area contributed by atoms with E-state index in [4.69, 9.17) is 4.74 Å². The molecule has 1 N–H and O–H groups in total. The first-order chi connectivity index (χ1) is 8.84. The van der Waals surface area contributed by atoms with Gasteiger partial charge in [0.2, 0.25) is 0 Å². The molecule has 0 amide bonds. The van der Waals surface area contributed by atoms with Crippen LogP contribution in [0.1, 0.15) is 24.1 Å². The average molecular weight is 243 g/mol. The van der Waals surface area contributed by atoms with E-state index < -0.39 is 0 Å². The van der Waals surface area contributed by atoms with Crippen LogP contribution in [0.5, 0.6) is 0 Å². The Labute approximate surface area is 107 Å². The molecule has 1 aromatic carbocycles. The van der Waals surface area contributed by atoms with Gasteiger partial charge in [0.1, 0.15) is 6.61 Å². The number of aryl methyl sites for hydroxylation is 1. The van der Waals surface area contributed by atoms with Crippen molar-refractivity contribution in [3.8, 4) is 0 Å². The molecule has 3 nitrogen and oxygen atoms in total. The van der Waals surface area contributed by atoms with Crippen molar-refractivity contribution in [1.29, 1.82) is 0 Å². The van der Waals surface area contributed by atoms with E-state index in [1.165, 1.54) is 0 Å². The molecule has 0 saturated carbocycles. The molecule has 0 bridgehead atoms. The molecule has 18 heavy (non-hydrogen) atoms. The van der Waals surface area contributed by atoms with Crippen molar-refractivity contribution in [2.45, 2.75) is 25.9 Å². The second kappa shape index (κ2) is 6.64. The minimum absolute atomic E-state index is 0.134. The Hall–Kier alpha value is -2.03. The zero-order chi connectivity index (χ0) is 12.6. The minimum Gasteiger partial charge on any atom is -0.461 e. The summed E-state index contributed by atoms with van der Waals surface area (Å²) in [5.74, 6) is -0.134. The van der Waals surface area contributed by atoms with Crippen molar-refractivity contribution < 1.29 is 9.53 Å². The average Bonchev–Trinajstić information content (AvgIpc) is 2.91. The molecule has 3 heteroatoms. The molecule has 1 heterocycles. The van der Waals surface area contributed by atoms with Crippen LogP contribution >= 0.6 is 0 Å². The number of carbonyl (C=O) groups is 1. The van der Waals surface area contributed by atoms with Crippen molar-refractivity contribution in [1.82, 2.24) is 4.98 Å². The number of aromatic amines is 1. The van der Waals surface area contributed by atoms with Gasteiger partial charge in [0.25, 0.3) is 0 Å². The molecule has 0 unspecified atom stereocenters. The second-order valence-corrected chi connectivity index (χ2v) is 4.20. The van der Waals surface area contributed by atoms with Crippen LogP contribution < -0.4 is 0 Å². The zero-order valence-corrected chi connectivity index (χ0v) is 10.3. The van der Waals surface area contributed by atoms with Gasteiger partial charge in [0.05, 0.1) is 0 Å². The Balaban J connectivity index is 1.63. The maximum Gasteiger partial charge on any atom is 0.306 e. The first-order valence-corrected chi connectivity index (χ1v) is 6.16. The Bertz CT molecular complexity index is 463. The molecule has 2 rings (SSSR count). The maximum absolute atomic E-state index is 11.5. The van der Waals surface area contributed by atoms with Gasteiger partial charge >= 0.3 is 5.97 Å². The molecule has 0 atom stereocenters. The van der Waals surface area contributed by atoms with Gasteiger partial charge in [-0.3, -0.25) is 4.79 Å². The lowest BCUT2D eigenvalue weighted by Crippen LogP contribution is -2.05. The summed E-state index contributed by atoms with van der Waals surface area (Å²) in [5.41, 5.74) is 2.18. The Morgan fingerprint density at radius 2 is 1.94 bits per heavy atom. The molecular formula is C15H17NO2. The summed E-state index contributed by atoms with van der Waals surface area (Å²) in [7, 11) is 0. The molecule has 0 saturated heterocycles. The number of benzene rings is 1. The number of esters is 1. The Morgan fingerprint density at radius 3 is 2.67 bits per heavy atom. The lowest BCUT2D eigenvalue weighted by molar-refractivity contribution is -0.145. The topological polar surface area (TPSA) is 42.1 Å². The highest BCUT2D eigenvalue weighted by Gasteiger charge is 2.03. The second-order valence-electron chi connectivity index (χ2n) is 4.20. The lowest BCUT2D eigenvalue weighted by Gasteiger charge is -2.04. The third-order valence-electron chi connectivity index (χ3n) is 2.73. The van der Waals surface area contributed by atoms with E-state index >= 15 is 0 Å².